The van der Waals surface area contributed by atoms with Gasteiger partial charge in [-0.15, -0.1) is 0 Å². The van der Waals surface area contributed by atoms with Crippen LogP contribution < -0.4 is 20.4 Å². The number of rotatable bonds is 3. The van der Waals surface area contributed by atoms with E-state index in [9.17, 15) is 14.4 Å². The number of Topliss-reactive ketones (excluding diaryl/α,β-unsaturated/α-hetero) is 1. The summed E-state index contributed by atoms with van der Waals surface area (Å²) in [6, 6.07) is 5.87. The van der Waals surface area contributed by atoms with E-state index in [0.717, 1.165) is 43.1 Å². The molecule has 0 aliphatic carbocycles. The SMILES string of the molecule is CC(=O)NC(=O)[C@]1(C(C)=O)Cc2cc(N3CCNCC3)ccc2N2C[C@@H](C)O[C@@H](C)[C@@H]21. The third kappa shape index (κ3) is 3.72. The fourth-order valence-corrected chi connectivity index (χ4v) is 5.54. The summed E-state index contributed by atoms with van der Waals surface area (Å²) in [4.78, 5) is 42.8. The molecule has 1 aromatic carbocycles. The van der Waals surface area contributed by atoms with E-state index in [0.29, 0.717) is 6.54 Å². The highest BCUT2D eigenvalue weighted by molar-refractivity contribution is 6.11. The average molecular weight is 429 g/mol. The maximum atomic E-state index is 13.4. The number of nitrogens with one attached hydrogen (secondary N) is 2. The van der Waals surface area contributed by atoms with Crippen molar-refractivity contribution >= 4 is 29.0 Å². The van der Waals surface area contributed by atoms with Gasteiger partial charge in [-0.05, 0) is 51.0 Å². The quantitative estimate of drug-likeness (QED) is 0.691. The number of fused-ring (bicyclic) bond motifs is 3. The van der Waals surface area contributed by atoms with E-state index in [4.69, 9.17) is 4.74 Å². The van der Waals surface area contributed by atoms with Crippen LogP contribution in [-0.2, 0) is 25.5 Å². The van der Waals surface area contributed by atoms with Gasteiger partial charge in [-0.1, -0.05) is 0 Å². The lowest BCUT2D eigenvalue weighted by atomic mass is 9.65. The molecule has 2 saturated heterocycles. The minimum Gasteiger partial charge on any atom is -0.372 e. The van der Waals surface area contributed by atoms with E-state index in [-0.39, 0.29) is 24.4 Å². The first kappa shape index (κ1) is 21.8. The van der Waals surface area contributed by atoms with Gasteiger partial charge in [0.05, 0.1) is 18.2 Å². The zero-order valence-corrected chi connectivity index (χ0v) is 18.7. The van der Waals surface area contributed by atoms with E-state index in [1.165, 1.54) is 13.8 Å². The molecule has 0 aromatic heterocycles. The molecule has 31 heavy (non-hydrogen) atoms. The number of ether oxygens (including phenoxy) is 1. The number of imide groups is 1. The van der Waals surface area contributed by atoms with Gasteiger partial charge in [0, 0.05) is 51.0 Å². The zero-order valence-electron chi connectivity index (χ0n) is 18.7. The molecule has 3 aliphatic rings. The van der Waals surface area contributed by atoms with Crippen LogP contribution in [0.25, 0.3) is 0 Å². The number of benzene rings is 1. The predicted octanol–water partition coefficient (Wildman–Crippen LogP) is 0.873. The van der Waals surface area contributed by atoms with Crippen molar-refractivity contribution in [1.82, 2.24) is 10.6 Å². The number of hydrogen-bond acceptors (Lipinski definition) is 7. The second kappa shape index (κ2) is 8.24. The third-order valence-electron chi connectivity index (χ3n) is 6.83. The number of piperazine rings is 1. The molecule has 0 spiro atoms. The minimum atomic E-state index is -1.39. The number of amides is 2. The van der Waals surface area contributed by atoms with Crippen molar-refractivity contribution < 1.29 is 19.1 Å². The molecule has 168 valence electrons. The fourth-order valence-electron chi connectivity index (χ4n) is 5.54. The molecule has 0 bridgehead atoms. The van der Waals surface area contributed by atoms with Crippen molar-refractivity contribution in [3.8, 4) is 0 Å². The summed E-state index contributed by atoms with van der Waals surface area (Å²) in [6.07, 6.45) is -0.128. The van der Waals surface area contributed by atoms with Crippen LogP contribution in [0.4, 0.5) is 11.4 Å². The zero-order chi connectivity index (χ0) is 22.3. The van der Waals surface area contributed by atoms with E-state index in [1.54, 1.807) is 0 Å². The van der Waals surface area contributed by atoms with Crippen LogP contribution in [0.1, 0.15) is 33.3 Å². The Morgan fingerprint density at radius 2 is 1.87 bits per heavy atom. The van der Waals surface area contributed by atoms with Crippen LogP contribution in [0.2, 0.25) is 0 Å². The van der Waals surface area contributed by atoms with Crippen molar-refractivity contribution in [3.05, 3.63) is 23.8 Å². The molecule has 8 heteroatoms. The minimum absolute atomic E-state index is 0.0365. The molecule has 3 aliphatic heterocycles. The van der Waals surface area contributed by atoms with Crippen molar-refractivity contribution in [1.29, 1.82) is 0 Å². The average Bonchev–Trinajstić information content (AvgIpc) is 2.72. The maximum absolute atomic E-state index is 13.4. The van der Waals surface area contributed by atoms with Crippen molar-refractivity contribution in [2.45, 2.75) is 52.4 Å². The summed E-state index contributed by atoms with van der Waals surface area (Å²) in [7, 11) is 0. The summed E-state index contributed by atoms with van der Waals surface area (Å²) in [5.41, 5.74) is 1.71. The van der Waals surface area contributed by atoms with Crippen molar-refractivity contribution in [2.75, 3.05) is 42.5 Å². The largest absolute Gasteiger partial charge is 0.372 e. The summed E-state index contributed by atoms with van der Waals surface area (Å²) < 4.78 is 6.08. The normalized spacial score (nSPS) is 30.3. The Bertz CT molecular complexity index is 898. The number of carbonyl (C=O) groups excluding carboxylic acids is 3. The summed E-state index contributed by atoms with van der Waals surface area (Å²) >= 11 is 0. The Morgan fingerprint density at radius 3 is 2.52 bits per heavy atom. The molecule has 0 radical (unpaired) electrons. The number of nitrogens with zero attached hydrogens (tertiary/aromatic N) is 2. The Labute approximate surface area is 183 Å². The first-order valence-corrected chi connectivity index (χ1v) is 11.1. The molecule has 3 heterocycles. The van der Waals surface area contributed by atoms with Gasteiger partial charge >= 0.3 is 0 Å². The van der Waals surface area contributed by atoms with Gasteiger partial charge in [0.2, 0.25) is 11.8 Å². The molecule has 2 N–H and O–H groups in total. The Kier molecular flexibility index (Phi) is 5.79. The lowest BCUT2D eigenvalue weighted by Crippen LogP contribution is -2.69. The van der Waals surface area contributed by atoms with Gasteiger partial charge in [0.1, 0.15) is 11.2 Å². The van der Waals surface area contributed by atoms with E-state index in [1.807, 2.05) is 13.8 Å². The monoisotopic (exact) mass is 428 g/mol. The summed E-state index contributed by atoms with van der Waals surface area (Å²) in [5.74, 6) is -1.24. The van der Waals surface area contributed by atoms with Gasteiger partial charge in [0.15, 0.2) is 0 Å². The summed E-state index contributed by atoms with van der Waals surface area (Å²) in [6.45, 7) is 10.9. The Hall–Kier alpha value is -2.45. The molecule has 4 atom stereocenters. The highest BCUT2D eigenvalue weighted by Crippen LogP contribution is 2.47. The molecule has 4 rings (SSSR count). The van der Waals surface area contributed by atoms with Crippen LogP contribution in [-0.4, -0.2) is 68.6 Å². The number of anilines is 2. The molecule has 0 saturated carbocycles. The van der Waals surface area contributed by atoms with Crippen LogP contribution in [0.5, 0.6) is 0 Å². The Morgan fingerprint density at radius 1 is 1.16 bits per heavy atom. The molecule has 2 fully saturated rings. The van der Waals surface area contributed by atoms with E-state index >= 15 is 0 Å². The van der Waals surface area contributed by atoms with Gasteiger partial charge in [-0.3, -0.25) is 19.7 Å². The van der Waals surface area contributed by atoms with Gasteiger partial charge in [-0.2, -0.15) is 0 Å². The molecule has 0 unspecified atom stereocenters. The maximum Gasteiger partial charge on any atom is 0.242 e. The lowest BCUT2D eigenvalue weighted by Gasteiger charge is -2.55. The highest BCUT2D eigenvalue weighted by atomic mass is 16.5. The van der Waals surface area contributed by atoms with Gasteiger partial charge in [-0.25, -0.2) is 0 Å². The van der Waals surface area contributed by atoms with Crippen LogP contribution >= 0.6 is 0 Å². The van der Waals surface area contributed by atoms with Crippen molar-refractivity contribution in [2.24, 2.45) is 5.41 Å². The van der Waals surface area contributed by atoms with Crippen LogP contribution in [0.15, 0.2) is 18.2 Å². The second-order valence-corrected chi connectivity index (χ2v) is 9.01. The van der Waals surface area contributed by atoms with Crippen LogP contribution in [0.3, 0.4) is 0 Å². The highest BCUT2D eigenvalue weighted by Gasteiger charge is 2.59. The topological polar surface area (TPSA) is 91.0 Å². The standard InChI is InChI=1S/C23H32N4O4/c1-14-13-27-20-6-5-19(26-9-7-24-8-10-26)11-18(20)12-23(16(3)28,21(27)15(2)31-14)22(30)25-17(4)29/h5-6,11,14-15,21,24H,7-10,12-13H2,1-4H3,(H,25,29,30)/t14-,15+,21-,23+/m1/s1. The van der Waals surface area contributed by atoms with E-state index in [2.05, 4.69) is 38.6 Å². The number of carbonyl (C=O) groups is 3. The molecular formula is C23H32N4O4. The molecule has 2 amide bonds. The van der Waals surface area contributed by atoms with Crippen molar-refractivity contribution in [3.63, 3.8) is 0 Å². The van der Waals surface area contributed by atoms with Crippen LogP contribution in [0, 0.1) is 5.41 Å². The molecular weight excluding hydrogens is 396 g/mol. The molecule has 8 nitrogen and oxygen atoms in total. The number of hydrogen-bond donors (Lipinski definition) is 2. The fraction of sp³-hybridized carbons (Fsp3) is 0.609. The number of morpholine rings is 1. The predicted molar refractivity (Wildman–Crippen MR) is 118 cm³/mol. The first-order valence-electron chi connectivity index (χ1n) is 11.1. The third-order valence-corrected chi connectivity index (χ3v) is 6.83. The number of ketones is 1. The second-order valence-electron chi connectivity index (χ2n) is 9.01. The molecule has 1 aromatic rings. The first-order chi connectivity index (χ1) is 14.7. The van der Waals surface area contributed by atoms with E-state index < -0.39 is 23.3 Å². The summed E-state index contributed by atoms with van der Waals surface area (Å²) in [5, 5.41) is 5.77. The smallest absolute Gasteiger partial charge is 0.242 e. The van der Waals surface area contributed by atoms with Gasteiger partial charge < -0.3 is 19.9 Å². The Balaban J connectivity index is 1.83. The van der Waals surface area contributed by atoms with Gasteiger partial charge in [0.25, 0.3) is 0 Å². The lowest BCUT2D eigenvalue weighted by molar-refractivity contribution is -0.151.